The monoisotopic (exact) mass is 463 g/mol. The Balaban J connectivity index is 1.23. The average molecular weight is 464 g/mol. The molecule has 6 heteroatoms. The summed E-state index contributed by atoms with van der Waals surface area (Å²) < 4.78 is 12.2. The number of benzene rings is 1. The zero-order valence-corrected chi connectivity index (χ0v) is 20.3. The standard InChI is InChI=1S/C28H33NO5/c1-17-8-24(18(2)29(17)23-6-4-22(5-7-23)27(32)33-3)25(30)16-34-26(31)15-28-12-19-9-20(13-28)11-21(10-19)14-28/h4-8,19-21H,9-16H2,1-3H3. The van der Waals surface area contributed by atoms with Crippen LogP contribution in [0.4, 0.5) is 0 Å². The first-order valence-corrected chi connectivity index (χ1v) is 12.3. The van der Waals surface area contributed by atoms with E-state index in [1.165, 1.54) is 26.4 Å². The Hall–Kier alpha value is -2.89. The molecular formula is C28H33NO5. The lowest BCUT2D eigenvalue weighted by atomic mass is 9.49. The van der Waals surface area contributed by atoms with Crippen molar-refractivity contribution >= 4 is 17.7 Å². The number of hydrogen-bond donors (Lipinski definition) is 0. The van der Waals surface area contributed by atoms with Crippen LogP contribution in [0.15, 0.2) is 30.3 Å². The van der Waals surface area contributed by atoms with Crippen molar-refractivity contribution in [1.82, 2.24) is 4.57 Å². The zero-order chi connectivity index (χ0) is 24.0. The van der Waals surface area contributed by atoms with Crippen molar-refractivity contribution in [3.8, 4) is 5.69 Å². The van der Waals surface area contributed by atoms with Gasteiger partial charge in [-0.1, -0.05) is 0 Å². The molecule has 2 aromatic rings. The van der Waals surface area contributed by atoms with Crippen molar-refractivity contribution in [2.75, 3.05) is 13.7 Å². The van der Waals surface area contributed by atoms with Gasteiger partial charge in [-0.15, -0.1) is 0 Å². The van der Waals surface area contributed by atoms with Crippen LogP contribution in [-0.4, -0.2) is 36.0 Å². The first-order chi connectivity index (χ1) is 16.3. The molecule has 0 saturated heterocycles. The number of methoxy groups -OCH3 is 1. The lowest BCUT2D eigenvalue weighted by molar-refractivity contribution is -0.150. The van der Waals surface area contributed by atoms with E-state index in [9.17, 15) is 14.4 Å². The van der Waals surface area contributed by atoms with Gasteiger partial charge in [-0.25, -0.2) is 4.79 Å². The highest BCUT2D eigenvalue weighted by Crippen LogP contribution is 2.61. The number of Topliss-reactive ketones (excluding diaryl/α,β-unsaturated/α-hetero) is 1. The summed E-state index contributed by atoms with van der Waals surface area (Å²) in [7, 11) is 1.35. The molecule has 1 aromatic carbocycles. The van der Waals surface area contributed by atoms with Crippen LogP contribution in [0.2, 0.25) is 0 Å². The van der Waals surface area contributed by atoms with Crippen LogP contribution in [0.25, 0.3) is 5.69 Å². The van der Waals surface area contributed by atoms with Gasteiger partial charge in [-0.2, -0.15) is 0 Å². The van der Waals surface area contributed by atoms with Gasteiger partial charge >= 0.3 is 11.9 Å². The van der Waals surface area contributed by atoms with Crippen LogP contribution in [0.1, 0.15) is 77.0 Å². The molecule has 4 aliphatic carbocycles. The maximum Gasteiger partial charge on any atom is 0.337 e. The molecule has 0 spiro atoms. The Morgan fingerprint density at radius 2 is 1.56 bits per heavy atom. The van der Waals surface area contributed by atoms with Crippen molar-refractivity contribution in [3.63, 3.8) is 0 Å². The van der Waals surface area contributed by atoms with Crippen LogP contribution in [-0.2, 0) is 14.3 Å². The van der Waals surface area contributed by atoms with Gasteiger partial charge in [0.25, 0.3) is 0 Å². The molecule has 180 valence electrons. The van der Waals surface area contributed by atoms with Crippen LogP contribution < -0.4 is 0 Å². The third kappa shape index (κ3) is 4.19. The fraction of sp³-hybridized carbons (Fsp3) is 0.536. The summed E-state index contributed by atoms with van der Waals surface area (Å²) >= 11 is 0. The number of ketones is 1. The van der Waals surface area contributed by atoms with Crippen LogP contribution >= 0.6 is 0 Å². The summed E-state index contributed by atoms with van der Waals surface area (Å²) in [5.74, 6) is 1.54. The highest BCUT2D eigenvalue weighted by atomic mass is 16.5. The molecule has 0 unspecified atom stereocenters. The number of hydrogen-bond acceptors (Lipinski definition) is 5. The second-order valence-corrected chi connectivity index (χ2v) is 10.8. The van der Waals surface area contributed by atoms with Crippen LogP contribution in [0.5, 0.6) is 0 Å². The summed E-state index contributed by atoms with van der Waals surface area (Å²) in [5, 5.41) is 0. The minimum Gasteiger partial charge on any atom is -0.465 e. The number of carbonyl (C=O) groups excluding carboxylic acids is 3. The molecule has 4 aliphatic rings. The number of ether oxygens (including phenoxy) is 2. The smallest absolute Gasteiger partial charge is 0.337 e. The molecule has 1 aromatic heterocycles. The van der Waals surface area contributed by atoms with Gasteiger partial charge in [0.1, 0.15) is 0 Å². The second kappa shape index (κ2) is 8.71. The highest BCUT2D eigenvalue weighted by molar-refractivity contribution is 5.99. The van der Waals surface area contributed by atoms with E-state index in [1.807, 2.05) is 36.6 Å². The third-order valence-electron chi connectivity index (χ3n) is 8.33. The van der Waals surface area contributed by atoms with Crippen molar-refractivity contribution < 1.29 is 23.9 Å². The summed E-state index contributed by atoms with van der Waals surface area (Å²) in [5.41, 5.74) is 3.66. The minimum absolute atomic E-state index is 0.112. The van der Waals surface area contributed by atoms with E-state index >= 15 is 0 Å². The number of aromatic nitrogens is 1. The molecule has 1 heterocycles. The second-order valence-electron chi connectivity index (χ2n) is 10.8. The topological polar surface area (TPSA) is 74.6 Å². The van der Waals surface area contributed by atoms with E-state index in [0.29, 0.717) is 17.5 Å². The van der Waals surface area contributed by atoms with Crippen LogP contribution in [0, 0.1) is 37.0 Å². The SMILES string of the molecule is COC(=O)c1ccc(-n2c(C)cc(C(=O)COC(=O)CC34CC5CC(CC(C5)C3)C4)c2C)cc1. The fourth-order valence-corrected chi connectivity index (χ4v) is 7.39. The Labute approximate surface area is 200 Å². The maximum absolute atomic E-state index is 13.0. The molecule has 0 amide bonds. The number of esters is 2. The summed E-state index contributed by atoms with van der Waals surface area (Å²) in [6.07, 6.45) is 7.93. The molecule has 0 atom stereocenters. The molecule has 4 fully saturated rings. The van der Waals surface area contributed by atoms with Crippen LogP contribution in [0.3, 0.4) is 0 Å². The van der Waals surface area contributed by atoms with Crippen molar-refractivity contribution in [2.45, 2.75) is 58.8 Å². The highest BCUT2D eigenvalue weighted by Gasteiger charge is 2.51. The molecule has 6 nitrogen and oxygen atoms in total. The zero-order valence-electron chi connectivity index (χ0n) is 20.3. The van der Waals surface area contributed by atoms with Gasteiger partial charge < -0.3 is 14.0 Å². The van der Waals surface area contributed by atoms with Crippen molar-refractivity contribution in [2.24, 2.45) is 23.2 Å². The predicted molar refractivity (Wildman–Crippen MR) is 127 cm³/mol. The van der Waals surface area contributed by atoms with Gasteiger partial charge in [0.05, 0.1) is 19.1 Å². The van der Waals surface area contributed by atoms with Gasteiger partial charge in [0, 0.05) is 22.6 Å². The minimum atomic E-state index is -0.390. The van der Waals surface area contributed by atoms with Gasteiger partial charge in [0.2, 0.25) is 5.78 Å². The molecule has 0 N–H and O–H groups in total. The van der Waals surface area contributed by atoms with E-state index in [0.717, 1.165) is 54.1 Å². The van der Waals surface area contributed by atoms with Gasteiger partial charge in [0.15, 0.2) is 6.61 Å². The van der Waals surface area contributed by atoms with E-state index in [-0.39, 0.29) is 23.8 Å². The first kappa shape index (κ1) is 22.9. The Kier molecular flexibility index (Phi) is 5.86. The Morgan fingerprint density at radius 3 is 2.12 bits per heavy atom. The predicted octanol–water partition coefficient (Wildman–Crippen LogP) is 5.21. The molecule has 0 radical (unpaired) electrons. The van der Waals surface area contributed by atoms with Crippen molar-refractivity contribution in [1.29, 1.82) is 0 Å². The number of aryl methyl sites for hydroxylation is 1. The quantitative estimate of drug-likeness (QED) is 0.416. The number of rotatable bonds is 7. The molecule has 0 aliphatic heterocycles. The molecular weight excluding hydrogens is 430 g/mol. The molecule has 6 rings (SSSR count). The van der Waals surface area contributed by atoms with Gasteiger partial charge in [-0.3, -0.25) is 9.59 Å². The van der Waals surface area contributed by atoms with Gasteiger partial charge in [-0.05, 0) is 106 Å². The summed E-state index contributed by atoms with van der Waals surface area (Å²) in [4.78, 5) is 37.4. The fourth-order valence-electron chi connectivity index (χ4n) is 7.39. The average Bonchev–Trinajstić information content (AvgIpc) is 3.09. The summed E-state index contributed by atoms with van der Waals surface area (Å²) in [6, 6.07) is 8.89. The largest absolute Gasteiger partial charge is 0.465 e. The van der Waals surface area contributed by atoms with E-state index in [1.54, 1.807) is 12.1 Å². The normalized spacial score (nSPS) is 27.0. The Bertz CT molecular complexity index is 1090. The Morgan fingerprint density at radius 1 is 0.971 bits per heavy atom. The summed E-state index contributed by atoms with van der Waals surface area (Å²) in [6.45, 7) is 3.58. The molecule has 34 heavy (non-hydrogen) atoms. The van der Waals surface area contributed by atoms with E-state index in [4.69, 9.17) is 9.47 Å². The van der Waals surface area contributed by atoms with Crippen molar-refractivity contribution in [3.05, 3.63) is 52.8 Å². The first-order valence-electron chi connectivity index (χ1n) is 12.3. The number of nitrogens with zero attached hydrogens (tertiary/aromatic N) is 1. The lowest BCUT2D eigenvalue weighted by Crippen LogP contribution is -2.47. The maximum atomic E-state index is 13.0. The van der Waals surface area contributed by atoms with E-state index in [2.05, 4.69) is 0 Å². The number of carbonyl (C=O) groups is 3. The molecule has 4 saturated carbocycles. The third-order valence-corrected chi connectivity index (χ3v) is 8.33. The van der Waals surface area contributed by atoms with E-state index < -0.39 is 5.97 Å². The molecule has 4 bridgehead atoms. The lowest BCUT2D eigenvalue weighted by Gasteiger charge is -2.56.